The van der Waals surface area contributed by atoms with Gasteiger partial charge in [-0.15, -0.1) is 0 Å². The standard InChI is InChI=1S/C14H12ClNO3/c15-10-2-1-3-12(8-10)18-9-13-5-4-11(19-13)6-7-14(16)17/h1-8H,9H2,(H2,16,17)/b7-6-. The zero-order valence-electron chi connectivity index (χ0n) is 10.0. The largest absolute Gasteiger partial charge is 0.486 e. The van der Waals surface area contributed by atoms with E-state index in [0.29, 0.717) is 22.3 Å². The Labute approximate surface area is 115 Å². The van der Waals surface area contributed by atoms with Crippen molar-refractivity contribution in [2.24, 2.45) is 5.73 Å². The summed E-state index contributed by atoms with van der Waals surface area (Å²) in [6, 6.07) is 10.6. The van der Waals surface area contributed by atoms with Crippen LogP contribution >= 0.6 is 11.6 Å². The van der Waals surface area contributed by atoms with E-state index in [2.05, 4.69) is 0 Å². The van der Waals surface area contributed by atoms with Gasteiger partial charge >= 0.3 is 0 Å². The minimum absolute atomic E-state index is 0.282. The number of benzene rings is 1. The fourth-order valence-electron chi connectivity index (χ4n) is 1.44. The van der Waals surface area contributed by atoms with E-state index < -0.39 is 5.91 Å². The maximum Gasteiger partial charge on any atom is 0.241 e. The van der Waals surface area contributed by atoms with Gasteiger partial charge in [0.1, 0.15) is 23.9 Å². The lowest BCUT2D eigenvalue weighted by atomic mass is 10.3. The van der Waals surface area contributed by atoms with Crippen LogP contribution in [0.4, 0.5) is 0 Å². The van der Waals surface area contributed by atoms with Crippen LogP contribution in [0.15, 0.2) is 46.9 Å². The van der Waals surface area contributed by atoms with Crippen LogP contribution in [0.25, 0.3) is 6.08 Å². The number of halogens is 1. The SMILES string of the molecule is NC(=O)/C=C\c1ccc(COc2cccc(Cl)c2)o1. The molecule has 0 saturated carbocycles. The molecule has 0 bridgehead atoms. The van der Waals surface area contributed by atoms with Crippen LogP contribution in [0.5, 0.6) is 5.75 Å². The maximum atomic E-state index is 10.6. The molecule has 1 amide bonds. The van der Waals surface area contributed by atoms with Gasteiger partial charge in [0.25, 0.3) is 0 Å². The van der Waals surface area contributed by atoms with Crippen LogP contribution in [0.3, 0.4) is 0 Å². The third-order valence-corrected chi connectivity index (χ3v) is 2.51. The van der Waals surface area contributed by atoms with Gasteiger partial charge in [0, 0.05) is 11.1 Å². The highest BCUT2D eigenvalue weighted by atomic mass is 35.5. The predicted octanol–water partition coefficient (Wildman–Crippen LogP) is 3.01. The van der Waals surface area contributed by atoms with E-state index in [1.54, 1.807) is 30.3 Å². The van der Waals surface area contributed by atoms with Crippen molar-refractivity contribution in [3.8, 4) is 5.75 Å². The molecule has 0 spiro atoms. The van der Waals surface area contributed by atoms with Gasteiger partial charge in [0.2, 0.25) is 5.91 Å². The van der Waals surface area contributed by atoms with Gasteiger partial charge in [-0.25, -0.2) is 0 Å². The summed E-state index contributed by atoms with van der Waals surface area (Å²) in [5.74, 6) is 1.33. The molecule has 4 nitrogen and oxygen atoms in total. The number of nitrogens with two attached hydrogens (primary N) is 1. The first kappa shape index (κ1) is 13.2. The zero-order valence-corrected chi connectivity index (χ0v) is 10.8. The van der Waals surface area contributed by atoms with Crippen LogP contribution in [0.1, 0.15) is 11.5 Å². The average molecular weight is 278 g/mol. The second kappa shape index (κ2) is 6.11. The van der Waals surface area contributed by atoms with E-state index in [9.17, 15) is 4.79 Å². The summed E-state index contributed by atoms with van der Waals surface area (Å²) in [7, 11) is 0. The summed E-state index contributed by atoms with van der Waals surface area (Å²) >= 11 is 5.85. The monoisotopic (exact) mass is 277 g/mol. The van der Waals surface area contributed by atoms with Crippen molar-refractivity contribution in [1.29, 1.82) is 0 Å². The summed E-state index contributed by atoms with van der Waals surface area (Å²) in [5, 5.41) is 0.613. The van der Waals surface area contributed by atoms with E-state index >= 15 is 0 Å². The molecule has 0 aliphatic heterocycles. The summed E-state index contributed by atoms with van der Waals surface area (Å²) in [5.41, 5.74) is 4.99. The molecule has 2 aromatic rings. The molecule has 19 heavy (non-hydrogen) atoms. The number of primary amides is 1. The molecule has 1 aromatic heterocycles. The van der Waals surface area contributed by atoms with Crippen molar-refractivity contribution in [3.63, 3.8) is 0 Å². The van der Waals surface area contributed by atoms with E-state index in [-0.39, 0.29) is 6.61 Å². The lowest BCUT2D eigenvalue weighted by Gasteiger charge is -2.03. The van der Waals surface area contributed by atoms with Crippen LogP contribution in [0, 0.1) is 0 Å². The van der Waals surface area contributed by atoms with Crippen molar-refractivity contribution < 1.29 is 13.9 Å². The fraction of sp³-hybridized carbons (Fsp3) is 0.0714. The van der Waals surface area contributed by atoms with Crippen molar-refractivity contribution >= 4 is 23.6 Å². The Morgan fingerprint density at radius 1 is 1.37 bits per heavy atom. The van der Waals surface area contributed by atoms with Crippen molar-refractivity contribution in [2.45, 2.75) is 6.61 Å². The molecule has 0 saturated heterocycles. The molecule has 0 atom stereocenters. The maximum absolute atomic E-state index is 10.6. The highest BCUT2D eigenvalue weighted by Crippen LogP contribution is 2.19. The first-order valence-electron chi connectivity index (χ1n) is 5.58. The Balaban J connectivity index is 1.95. The third kappa shape index (κ3) is 4.19. The Kier molecular flexibility index (Phi) is 4.26. The van der Waals surface area contributed by atoms with Gasteiger partial charge in [-0.2, -0.15) is 0 Å². The second-order valence-electron chi connectivity index (χ2n) is 3.79. The highest BCUT2D eigenvalue weighted by molar-refractivity contribution is 6.30. The lowest BCUT2D eigenvalue weighted by molar-refractivity contribution is -0.113. The van der Waals surface area contributed by atoms with E-state index in [1.807, 2.05) is 6.07 Å². The Morgan fingerprint density at radius 2 is 2.21 bits per heavy atom. The van der Waals surface area contributed by atoms with Crippen molar-refractivity contribution in [1.82, 2.24) is 0 Å². The topological polar surface area (TPSA) is 65.5 Å². The molecule has 5 heteroatoms. The van der Waals surface area contributed by atoms with E-state index in [1.165, 1.54) is 12.2 Å². The van der Waals surface area contributed by atoms with E-state index in [0.717, 1.165) is 0 Å². The minimum atomic E-state index is -0.520. The number of carbonyl (C=O) groups is 1. The van der Waals surface area contributed by atoms with Gasteiger partial charge in [0.15, 0.2) is 0 Å². The van der Waals surface area contributed by atoms with Crippen LogP contribution < -0.4 is 10.5 Å². The number of ether oxygens (including phenoxy) is 1. The molecule has 0 aliphatic carbocycles. The number of carbonyl (C=O) groups excluding carboxylic acids is 1. The number of rotatable bonds is 5. The van der Waals surface area contributed by atoms with Gasteiger partial charge in [-0.05, 0) is 36.4 Å². The summed E-state index contributed by atoms with van der Waals surface area (Å²) < 4.78 is 11.0. The second-order valence-corrected chi connectivity index (χ2v) is 4.22. The first-order chi connectivity index (χ1) is 9.13. The van der Waals surface area contributed by atoms with Crippen LogP contribution in [0.2, 0.25) is 5.02 Å². The molecule has 0 fully saturated rings. The zero-order chi connectivity index (χ0) is 13.7. The number of hydrogen-bond donors (Lipinski definition) is 1. The normalized spacial score (nSPS) is 10.8. The average Bonchev–Trinajstić information content (AvgIpc) is 2.82. The van der Waals surface area contributed by atoms with Gasteiger partial charge in [-0.1, -0.05) is 17.7 Å². The Hall–Kier alpha value is -2.20. The van der Waals surface area contributed by atoms with Crippen LogP contribution in [-0.4, -0.2) is 5.91 Å². The number of furan rings is 1. The minimum Gasteiger partial charge on any atom is -0.486 e. The molecule has 0 aliphatic rings. The predicted molar refractivity (Wildman–Crippen MR) is 72.7 cm³/mol. The van der Waals surface area contributed by atoms with E-state index in [4.69, 9.17) is 26.5 Å². The molecule has 2 rings (SSSR count). The molecule has 98 valence electrons. The smallest absolute Gasteiger partial charge is 0.241 e. The molecule has 0 radical (unpaired) electrons. The first-order valence-corrected chi connectivity index (χ1v) is 5.96. The summed E-state index contributed by atoms with van der Waals surface area (Å²) in [4.78, 5) is 10.6. The van der Waals surface area contributed by atoms with Gasteiger partial charge in [-0.3, -0.25) is 4.79 Å². The third-order valence-electron chi connectivity index (χ3n) is 2.27. The molecular weight excluding hydrogens is 266 g/mol. The molecule has 0 unspecified atom stereocenters. The van der Waals surface area contributed by atoms with Crippen molar-refractivity contribution in [3.05, 3.63) is 59.0 Å². The fourth-order valence-corrected chi connectivity index (χ4v) is 1.62. The summed E-state index contributed by atoms with van der Waals surface area (Å²) in [6.07, 6.45) is 2.74. The van der Waals surface area contributed by atoms with Crippen LogP contribution in [-0.2, 0) is 11.4 Å². The summed E-state index contributed by atoms with van der Waals surface area (Å²) in [6.45, 7) is 0.282. The molecule has 1 heterocycles. The van der Waals surface area contributed by atoms with Gasteiger partial charge < -0.3 is 14.9 Å². The molecule has 2 N–H and O–H groups in total. The molecular formula is C14H12ClNO3. The quantitative estimate of drug-likeness (QED) is 0.855. The lowest BCUT2D eigenvalue weighted by Crippen LogP contribution is -2.04. The number of hydrogen-bond acceptors (Lipinski definition) is 3. The molecule has 1 aromatic carbocycles. The Morgan fingerprint density at radius 3 is 2.95 bits per heavy atom. The Bertz CT molecular complexity index is 604. The number of amides is 1. The highest BCUT2D eigenvalue weighted by Gasteiger charge is 2.02. The van der Waals surface area contributed by atoms with Crippen molar-refractivity contribution in [2.75, 3.05) is 0 Å². The van der Waals surface area contributed by atoms with Gasteiger partial charge in [0.05, 0.1) is 0 Å².